The largest absolute Gasteiger partial charge is 0.372 e. The molecule has 0 spiro atoms. The zero-order valence-corrected chi connectivity index (χ0v) is 8.37. The van der Waals surface area contributed by atoms with Crippen LogP contribution in [0.3, 0.4) is 0 Å². The monoisotopic (exact) mass is 266 g/mol. The van der Waals surface area contributed by atoms with Crippen molar-refractivity contribution in [3.05, 3.63) is 33.5 Å². The molecule has 1 heterocycles. The van der Waals surface area contributed by atoms with Crippen molar-refractivity contribution in [1.82, 2.24) is 4.98 Å². The average molecular weight is 267 g/mol. The molecule has 1 aromatic heterocycles. The third-order valence-electron chi connectivity index (χ3n) is 1.59. The van der Waals surface area contributed by atoms with Crippen molar-refractivity contribution in [3.8, 4) is 0 Å². The summed E-state index contributed by atoms with van der Waals surface area (Å²) in [6.07, 6.45) is -1.75. The molecule has 1 rings (SSSR count). The maximum atomic E-state index is 12.5. The van der Waals surface area contributed by atoms with E-state index in [4.69, 9.17) is 0 Å². The van der Waals surface area contributed by atoms with Crippen LogP contribution in [0.4, 0.5) is 14.6 Å². The summed E-state index contributed by atoms with van der Waals surface area (Å²) < 4.78 is 24.9. The lowest BCUT2D eigenvalue weighted by Crippen LogP contribution is -2.02. The van der Waals surface area contributed by atoms with Crippen LogP contribution < -0.4 is 0 Å². The van der Waals surface area contributed by atoms with Gasteiger partial charge in [-0.3, -0.25) is 0 Å². The van der Waals surface area contributed by atoms with Gasteiger partial charge in [-0.15, -0.1) is 0 Å². The maximum Gasteiger partial charge on any atom is 0.372 e. The molecule has 1 aromatic rings. The van der Waals surface area contributed by atoms with Crippen LogP contribution in [0.1, 0.15) is 17.6 Å². The molecule has 0 unspecified atom stereocenters. The van der Waals surface area contributed by atoms with Gasteiger partial charge >= 0.3 is 5.82 Å². The Balaban J connectivity index is 3.35. The molecule has 0 N–H and O–H groups in total. The average Bonchev–Trinajstić information content (AvgIpc) is 2.16. The standard InChI is InChI=1S/C7H5BrF2N2O2/c8-3-4-1-2-11-7(12(13)14)5(4)6(9)10/h1-2,6H,3H2. The molecule has 0 saturated heterocycles. The highest BCUT2D eigenvalue weighted by molar-refractivity contribution is 9.08. The Morgan fingerprint density at radius 1 is 1.64 bits per heavy atom. The van der Waals surface area contributed by atoms with Crippen LogP contribution in [-0.4, -0.2) is 9.91 Å². The number of alkyl halides is 3. The van der Waals surface area contributed by atoms with Gasteiger partial charge in [-0.05, 0) is 21.5 Å². The molecule has 7 heteroatoms. The van der Waals surface area contributed by atoms with Crippen LogP contribution in [0.5, 0.6) is 0 Å². The predicted molar refractivity (Wildman–Crippen MR) is 48.5 cm³/mol. The molecule has 4 nitrogen and oxygen atoms in total. The Kier molecular flexibility index (Phi) is 3.45. The molecule has 0 fully saturated rings. The highest BCUT2D eigenvalue weighted by Crippen LogP contribution is 2.31. The summed E-state index contributed by atoms with van der Waals surface area (Å²) in [5, 5.41) is 10.5. The topological polar surface area (TPSA) is 56.0 Å². The van der Waals surface area contributed by atoms with Gasteiger partial charge in [0, 0.05) is 5.33 Å². The van der Waals surface area contributed by atoms with E-state index in [9.17, 15) is 18.9 Å². The van der Waals surface area contributed by atoms with Gasteiger partial charge in [-0.1, -0.05) is 15.9 Å². The first-order chi connectivity index (χ1) is 6.57. The molecule has 14 heavy (non-hydrogen) atoms. The Morgan fingerprint density at radius 2 is 2.29 bits per heavy atom. The minimum atomic E-state index is -2.89. The molecule has 0 amide bonds. The summed E-state index contributed by atoms with van der Waals surface area (Å²) in [7, 11) is 0. The normalized spacial score (nSPS) is 10.6. The van der Waals surface area contributed by atoms with Crippen molar-refractivity contribution in [2.45, 2.75) is 11.8 Å². The zero-order valence-electron chi connectivity index (χ0n) is 6.78. The maximum absolute atomic E-state index is 12.5. The van der Waals surface area contributed by atoms with Crippen LogP contribution >= 0.6 is 15.9 Å². The molecule has 0 saturated carbocycles. The first kappa shape index (κ1) is 11.0. The van der Waals surface area contributed by atoms with Gasteiger partial charge in [0.2, 0.25) is 0 Å². The minimum absolute atomic E-state index is 0.135. The van der Waals surface area contributed by atoms with Crippen LogP contribution in [0.15, 0.2) is 12.3 Å². The van der Waals surface area contributed by atoms with E-state index in [1.807, 2.05) is 0 Å². The van der Waals surface area contributed by atoms with Crippen molar-refractivity contribution < 1.29 is 13.7 Å². The summed E-state index contributed by atoms with van der Waals surface area (Å²) in [5.74, 6) is -0.781. The fourth-order valence-corrected chi connectivity index (χ4v) is 1.49. The summed E-state index contributed by atoms with van der Waals surface area (Å²) in [5.41, 5.74) is -0.434. The minimum Gasteiger partial charge on any atom is -0.358 e. The molecular formula is C7H5BrF2N2O2. The molecule has 0 aliphatic rings. The second-order valence-corrected chi connectivity index (χ2v) is 2.96. The van der Waals surface area contributed by atoms with Crippen LogP contribution in [-0.2, 0) is 5.33 Å². The van der Waals surface area contributed by atoms with Gasteiger partial charge < -0.3 is 10.1 Å². The van der Waals surface area contributed by atoms with E-state index in [1.165, 1.54) is 6.07 Å². The van der Waals surface area contributed by atoms with Crippen molar-refractivity contribution >= 4 is 21.7 Å². The number of nitrogens with zero attached hydrogens (tertiary/aromatic N) is 2. The van der Waals surface area contributed by atoms with Crippen molar-refractivity contribution in [3.63, 3.8) is 0 Å². The van der Waals surface area contributed by atoms with Gasteiger partial charge in [0.25, 0.3) is 6.43 Å². The number of nitro groups is 1. The molecule has 0 radical (unpaired) electrons. The van der Waals surface area contributed by atoms with Gasteiger partial charge in [0.15, 0.2) is 0 Å². The van der Waals surface area contributed by atoms with Crippen molar-refractivity contribution in [2.75, 3.05) is 0 Å². The van der Waals surface area contributed by atoms with E-state index in [2.05, 4.69) is 20.9 Å². The number of pyridine rings is 1. The second-order valence-electron chi connectivity index (χ2n) is 2.40. The van der Waals surface area contributed by atoms with E-state index >= 15 is 0 Å². The van der Waals surface area contributed by atoms with E-state index in [-0.39, 0.29) is 10.9 Å². The van der Waals surface area contributed by atoms with Gasteiger partial charge in [0.05, 0.1) is 0 Å². The number of rotatable bonds is 3. The molecular weight excluding hydrogens is 262 g/mol. The summed E-state index contributed by atoms with van der Waals surface area (Å²) in [6.45, 7) is 0. The van der Waals surface area contributed by atoms with Gasteiger partial charge in [-0.25, -0.2) is 8.78 Å². The van der Waals surface area contributed by atoms with Gasteiger partial charge in [0.1, 0.15) is 11.8 Å². The lowest BCUT2D eigenvalue weighted by Gasteiger charge is -2.04. The molecule has 0 bridgehead atoms. The Labute approximate surface area is 86.2 Å². The highest BCUT2D eigenvalue weighted by atomic mass is 79.9. The Hall–Kier alpha value is -1.11. The fourth-order valence-electron chi connectivity index (χ4n) is 1.00. The third-order valence-corrected chi connectivity index (χ3v) is 2.20. The van der Waals surface area contributed by atoms with Gasteiger partial charge in [-0.2, -0.15) is 0 Å². The molecule has 0 aliphatic heterocycles. The lowest BCUT2D eigenvalue weighted by molar-refractivity contribution is -0.391. The van der Waals surface area contributed by atoms with Crippen LogP contribution in [0, 0.1) is 10.1 Å². The van der Waals surface area contributed by atoms with E-state index in [1.54, 1.807) is 0 Å². The summed E-state index contributed by atoms with van der Waals surface area (Å²) in [4.78, 5) is 12.8. The second kappa shape index (κ2) is 4.41. The molecule has 76 valence electrons. The van der Waals surface area contributed by atoms with E-state index in [0.717, 1.165) is 6.20 Å². The van der Waals surface area contributed by atoms with E-state index < -0.39 is 22.7 Å². The van der Waals surface area contributed by atoms with Crippen molar-refractivity contribution in [2.24, 2.45) is 0 Å². The number of hydrogen-bond acceptors (Lipinski definition) is 3. The fraction of sp³-hybridized carbons (Fsp3) is 0.286. The number of hydrogen-bond donors (Lipinski definition) is 0. The SMILES string of the molecule is O=[N+]([O-])c1nccc(CBr)c1C(F)F. The first-order valence-electron chi connectivity index (χ1n) is 3.54. The Bertz CT molecular complexity index is 360. The first-order valence-corrected chi connectivity index (χ1v) is 4.66. The smallest absolute Gasteiger partial charge is 0.358 e. The molecule has 0 atom stereocenters. The highest BCUT2D eigenvalue weighted by Gasteiger charge is 2.25. The summed E-state index contributed by atoms with van der Waals surface area (Å²) in [6, 6.07) is 1.32. The predicted octanol–water partition coefficient (Wildman–Crippen LogP) is 2.82. The lowest BCUT2D eigenvalue weighted by atomic mass is 10.1. The number of halogens is 3. The Morgan fingerprint density at radius 3 is 2.71 bits per heavy atom. The summed E-state index contributed by atoms with van der Waals surface area (Å²) >= 11 is 2.98. The molecule has 0 aromatic carbocycles. The van der Waals surface area contributed by atoms with Crippen LogP contribution in [0.2, 0.25) is 0 Å². The van der Waals surface area contributed by atoms with Crippen LogP contribution in [0.25, 0.3) is 0 Å². The number of aromatic nitrogens is 1. The third kappa shape index (κ3) is 2.03. The molecule has 0 aliphatic carbocycles. The quantitative estimate of drug-likeness (QED) is 0.480. The zero-order chi connectivity index (χ0) is 10.7. The van der Waals surface area contributed by atoms with E-state index in [0.29, 0.717) is 0 Å². The van der Waals surface area contributed by atoms with Crippen molar-refractivity contribution in [1.29, 1.82) is 0 Å².